The summed E-state index contributed by atoms with van der Waals surface area (Å²) in [5.74, 6) is 0. The van der Waals surface area contributed by atoms with Gasteiger partial charge < -0.3 is 0 Å². The predicted octanol–water partition coefficient (Wildman–Crippen LogP) is 3.57. The molecule has 1 aliphatic rings. The van der Waals surface area contributed by atoms with Crippen LogP contribution in [0.25, 0.3) is 28.0 Å². The average molecular weight is 454 g/mol. The van der Waals surface area contributed by atoms with Crippen LogP contribution in [0.4, 0.5) is 0 Å². The van der Waals surface area contributed by atoms with Crippen molar-refractivity contribution in [3.63, 3.8) is 0 Å². The van der Waals surface area contributed by atoms with Crippen LogP contribution in [0.5, 0.6) is 0 Å². The molecule has 0 aliphatic heterocycles. The Labute approximate surface area is 187 Å². The highest BCUT2D eigenvalue weighted by Gasteiger charge is 2.37. The first-order valence-corrected chi connectivity index (χ1v) is 12.9. The summed E-state index contributed by atoms with van der Waals surface area (Å²) in [6, 6.07) is 2.42. The molecule has 1 fully saturated rings. The Morgan fingerprint density at radius 3 is 2.50 bits per heavy atom. The molecule has 0 amide bonds. The Balaban J connectivity index is 1.48. The predicted molar refractivity (Wildman–Crippen MR) is 122 cm³/mol. The molecule has 168 valence electrons. The summed E-state index contributed by atoms with van der Waals surface area (Å²) in [6.07, 6.45) is 15.9. The smallest absolute Gasteiger partial charge is 0.150 e. The van der Waals surface area contributed by atoms with Crippen molar-refractivity contribution in [2.24, 2.45) is 0 Å². The lowest BCUT2D eigenvalue weighted by atomic mass is 9.92. The highest BCUT2D eigenvalue weighted by molar-refractivity contribution is 7.91. The van der Waals surface area contributed by atoms with Crippen molar-refractivity contribution >= 4 is 15.4 Å². The van der Waals surface area contributed by atoms with E-state index in [1.165, 1.54) is 6.26 Å². The first-order valence-electron chi connectivity index (χ1n) is 11.0. The van der Waals surface area contributed by atoms with Gasteiger partial charge in [0.1, 0.15) is 9.84 Å². The summed E-state index contributed by atoms with van der Waals surface area (Å²) in [4.78, 5) is 4.95. The summed E-state index contributed by atoms with van der Waals surface area (Å²) < 4.78 is 29.1. The zero-order valence-corrected chi connectivity index (χ0v) is 19.3. The average Bonchev–Trinajstić information content (AvgIpc) is 3.46. The van der Waals surface area contributed by atoms with Gasteiger partial charge in [0.05, 0.1) is 59.0 Å². The quantitative estimate of drug-likeness (QED) is 0.424. The van der Waals surface area contributed by atoms with Crippen molar-refractivity contribution in [3.05, 3.63) is 43.2 Å². The van der Waals surface area contributed by atoms with E-state index in [-0.39, 0.29) is 11.3 Å². The Hall–Kier alpha value is -3.01. The summed E-state index contributed by atoms with van der Waals surface area (Å²) in [6.45, 7) is 4.34. The number of aromatic nitrogens is 7. The van der Waals surface area contributed by atoms with Crippen molar-refractivity contribution in [1.82, 2.24) is 34.2 Å². The molecular formula is C22H27N7O2S. The lowest BCUT2D eigenvalue weighted by Crippen LogP contribution is -2.36. The topological polar surface area (TPSA) is 100.0 Å². The van der Waals surface area contributed by atoms with Crippen molar-refractivity contribution in [2.75, 3.05) is 6.26 Å². The molecule has 0 radical (unpaired) electrons. The van der Waals surface area contributed by atoms with Crippen LogP contribution in [0, 0.1) is 0 Å². The molecule has 0 bridgehead atoms. The molecule has 1 saturated carbocycles. The van der Waals surface area contributed by atoms with Gasteiger partial charge >= 0.3 is 0 Å². The van der Waals surface area contributed by atoms with E-state index in [0.29, 0.717) is 18.9 Å². The van der Waals surface area contributed by atoms with Crippen molar-refractivity contribution < 1.29 is 8.42 Å². The number of hydrogen-bond donors (Lipinski definition) is 0. The van der Waals surface area contributed by atoms with Gasteiger partial charge in [-0.3, -0.25) is 9.36 Å². The molecule has 32 heavy (non-hydrogen) atoms. The van der Waals surface area contributed by atoms with Crippen LogP contribution in [0.2, 0.25) is 0 Å². The van der Waals surface area contributed by atoms with Gasteiger partial charge in [0.15, 0.2) is 0 Å². The van der Waals surface area contributed by atoms with E-state index in [4.69, 9.17) is 4.98 Å². The third-order valence-corrected chi connectivity index (χ3v) is 8.12. The summed E-state index contributed by atoms with van der Waals surface area (Å²) in [5, 5.41) is 13.2. The highest BCUT2D eigenvalue weighted by Crippen LogP contribution is 2.37. The van der Waals surface area contributed by atoms with E-state index in [1.807, 2.05) is 38.5 Å². The first-order chi connectivity index (χ1) is 15.4. The largest absolute Gasteiger partial charge is 0.269 e. The molecule has 9 nitrogen and oxygen atoms in total. The molecule has 0 N–H and O–H groups in total. The molecule has 4 aromatic heterocycles. The normalized spacial score (nSPS) is 19.0. The van der Waals surface area contributed by atoms with E-state index >= 15 is 0 Å². The number of sulfone groups is 1. The Kier molecular flexibility index (Phi) is 5.11. The SMILES string of the molecule is CCC(CC)n1cc(-c2nc(-c3cnn(C4CC(S(C)(=O)=O)C4)c3)cn3nccc23)cn1. The molecule has 10 heteroatoms. The molecular weight excluding hydrogens is 426 g/mol. The lowest BCUT2D eigenvalue weighted by molar-refractivity contribution is 0.291. The standard InChI is InChI=1S/C22H27N7O2S/c1-4-17(5-2)27-13-16(11-25-27)22-21-6-7-23-29(21)14-20(26-22)15-10-24-28(12-15)18-8-19(9-18)32(3,30)31/h6-7,10-14,17-19H,4-5,8-9H2,1-3H3. The summed E-state index contributed by atoms with van der Waals surface area (Å²) in [5.41, 5.74) is 4.33. The van der Waals surface area contributed by atoms with Gasteiger partial charge in [-0.15, -0.1) is 0 Å². The Bertz CT molecular complexity index is 1360. The van der Waals surface area contributed by atoms with Gasteiger partial charge in [0.25, 0.3) is 0 Å². The van der Waals surface area contributed by atoms with Crippen LogP contribution >= 0.6 is 0 Å². The van der Waals surface area contributed by atoms with Crippen molar-refractivity contribution in [2.45, 2.75) is 56.9 Å². The molecule has 4 aromatic rings. The number of rotatable bonds is 7. The fourth-order valence-electron chi connectivity index (χ4n) is 4.37. The molecule has 0 saturated heterocycles. The van der Waals surface area contributed by atoms with Gasteiger partial charge in [-0.1, -0.05) is 13.8 Å². The third kappa shape index (κ3) is 3.62. The minimum absolute atomic E-state index is 0.106. The van der Waals surface area contributed by atoms with Gasteiger partial charge in [0, 0.05) is 29.8 Å². The Morgan fingerprint density at radius 2 is 1.78 bits per heavy atom. The second-order valence-corrected chi connectivity index (χ2v) is 10.9. The van der Waals surface area contributed by atoms with Gasteiger partial charge in [-0.05, 0) is 31.7 Å². The second kappa shape index (κ2) is 7.84. The fraction of sp³-hybridized carbons (Fsp3) is 0.455. The molecule has 1 aliphatic carbocycles. The van der Waals surface area contributed by atoms with Crippen LogP contribution in [-0.4, -0.2) is 54.1 Å². The molecule has 0 spiro atoms. The van der Waals surface area contributed by atoms with Gasteiger partial charge in [0.2, 0.25) is 0 Å². The number of hydrogen-bond acceptors (Lipinski definition) is 6. The monoisotopic (exact) mass is 453 g/mol. The molecule has 4 heterocycles. The lowest BCUT2D eigenvalue weighted by Gasteiger charge is -2.33. The minimum atomic E-state index is -2.99. The molecule has 0 atom stereocenters. The Morgan fingerprint density at radius 1 is 1.03 bits per heavy atom. The van der Waals surface area contributed by atoms with E-state index in [0.717, 1.165) is 40.9 Å². The van der Waals surface area contributed by atoms with E-state index in [2.05, 4.69) is 35.3 Å². The van der Waals surface area contributed by atoms with Crippen LogP contribution in [0.1, 0.15) is 51.6 Å². The molecule has 0 aromatic carbocycles. The molecule has 5 rings (SSSR count). The highest BCUT2D eigenvalue weighted by atomic mass is 32.2. The fourth-order valence-corrected chi connectivity index (χ4v) is 5.52. The first kappa shape index (κ1) is 20.9. The number of nitrogens with zero attached hydrogens (tertiary/aromatic N) is 7. The zero-order chi connectivity index (χ0) is 22.5. The van der Waals surface area contributed by atoms with Gasteiger partial charge in [-0.2, -0.15) is 15.3 Å². The number of fused-ring (bicyclic) bond motifs is 1. The maximum Gasteiger partial charge on any atom is 0.150 e. The van der Waals surface area contributed by atoms with Crippen LogP contribution in [0.15, 0.2) is 43.2 Å². The van der Waals surface area contributed by atoms with Crippen LogP contribution < -0.4 is 0 Å². The third-order valence-electron chi connectivity index (χ3n) is 6.53. The summed E-state index contributed by atoms with van der Waals surface area (Å²) in [7, 11) is -2.99. The van der Waals surface area contributed by atoms with E-state index in [9.17, 15) is 8.42 Å². The van der Waals surface area contributed by atoms with E-state index < -0.39 is 9.84 Å². The van der Waals surface area contributed by atoms with Crippen molar-refractivity contribution in [3.8, 4) is 22.5 Å². The summed E-state index contributed by atoms with van der Waals surface area (Å²) >= 11 is 0. The molecule has 0 unspecified atom stereocenters. The second-order valence-electron chi connectivity index (χ2n) is 8.60. The maximum atomic E-state index is 11.7. The van der Waals surface area contributed by atoms with Crippen LogP contribution in [-0.2, 0) is 9.84 Å². The zero-order valence-electron chi connectivity index (χ0n) is 18.5. The minimum Gasteiger partial charge on any atom is -0.269 e. The van der Waals surface area contributed by atoms with Crippen molar-refractivity contribution in [1.29, 1.82) is 0 Å². The maximum absolute atomic E-state index is 11.7. The van der Waals surface area contributed by atoms with Crippen LogP contribution in [0.3, 0.4) is 0 Å². The van der Waals surface area contributed by atoms with E-state index in [1.54, 1.807) is 12.4 Å². The van der Waals surface area contributed by atoms with Gasteiger partial charge in [-0.25, -0.2) is 17.9 Å².